The quantitative estimate of drug-likeness (QED) is 0.863. The van der Waals surface area contributed by atoms with Gasteiger partial charge in [0.1, 0.15) is 5.82 Å². The Labute approximate surface area is 103 Å². The number of hydrogen-bond acceptors (Lipinski definition) is 2. The lowest BCUT2D eigenvalue weighted by Gasteiger charge is -2.24. The third-order valence-electron chi connectivity index (χ3n) is 3.51. The van der Waals surface area contributed by atoms with Crippen LogP contribution in [0.5, 0.6) is 0 Å². The second-order valence-electron chi connectivity index (χ2n) is 4.92. The molecule has 0 aromatic heterocycles. The van der Waals surface area contributed by atoms with E-state index in [1.165, 1.54) is 12.8 Å². The molecule has 1 N–H and O–H groups in total. The van der Waals surface area contributed by atoms with Crippen molar-refractivity contribution in [3.05, 3.63) is 35.1 Å². The highest BCUT2D eigenvalue weighted by Crippen LogP contribution is 2.21. The number of hydrogen-bond donors (Lipinski definition) is 1. The predicted molar refractivity (Wildman–Crippen MR) is 68.5 cm³/mol. The number of nitrogens with one attached hydrogen (secondary N) is 1. The summed E-state index contributed by atoms with van der Waals surface area (Å²) in [6.45, 7) is 4.82. The molecule has 0 amide bonds. The van der Waals surface area contributed by atoms with Crippen molar-refractivity contribution in [2.75, 3.05) is 20.1 Å². The second-order valence-corrected chi connectivity index (χ2v) is 4.92. The fourth-order valence-corrected chi connectivity index (χ4v) is 2.61. The number of likely N-dealkylation sites (N-methyl/N-ethyl adjacent to an activating group) is 1. The number of likely N-dealkylation sites (tertiary alicyclic amines) is 1. The molecule has 2 nitrogen and oxygen atoms in total. The molecule has 1 fully saturated rings. The highest BCUT2D eigenvalue weighted by atomic mass is 19.1. The van der Waals surface area contributed by atoms with E-state index in [9.17, 15) is 4.39 Å². The van der Waals surface area contributed by atoms with Gasteiger partial charge in [-0.25, -0.2) is 4.39 Å². The molecular formula is C14H21FN2. The first kappa shape index (κ1) is 12.5. The molecule has 0 spiro atoms. The van der Waals surface area contributed by atoms with Crippen molar-refractivity contribution in [1.82, 2.24) is 10.2 Å². The third-order valence-corrected chi connectivity index (χ3v) is 3.51. The Bertz CT molecular complexity index is 378. The van der Waals surface area contributed by atoms with Crippen LogP contribution < -0.4 is 5.32 Å². The van der Waals surface area contributed by atoms with Gasteiger partial charge in [0.25, 0.3) is 0 Å². The van der Waals surface area contributed by atoms with E-state index in [-0.39, 0.29) is 5.82 Å². The summed E-state index contributed by atoms with van der Waals surface area (Å²) in [7, 11) is 1.98. The minimum Gasteiger partial charge on any atom is -0.318 e. The van der Waals surface area contributed by atoms with Gasteiger partial charge >= 0.3 is 0 Å². The van der Waals surface area contributed by atoms with E-state index >= 15 is 0 Å². The summed E-state index contributed by atoms with van der Waals surface area (Å²) in [6, 6.07) is 5.92. The maximum Gasteiger partial charge on any atom is 0.127 e. The topological polar surface area (TPSA) is 15.3 Å². The summed E-state index contributed by atoms with van der Waals surface area (Å²) in [5, 5.41) is 3.22. The van der Waals surface area contributed by atoms with Gasteiger partial charge in [0.2, 0.25) is 0 Å². The third kappa shape index (κ3) is 3.05. The van der Waals surface area contributed by atoms with Crippen molar-refractivity contribution in [2.24, 2.45) is 0 Å². The average molecular weight is 236 g/mol. The lowest BCUT2D eigenvalue weighted by molar-refractivity contribution is 0.239. The molecular weight excluding hydrogens is 215 g/mol. The second kappa shape index (κ2) is 5.61. The molecule has 1 unspecified atom stereocenters. The lowest BCUT2D eigenvalue weighted by Crippen LogP contribution is -2.36. The van der Waals surface area contributed by atoms with Crippen LogP contribution in [0.25, 0.3) is 0 Å². The zero-order chi connectivity index (χ0) is 12.3. The Morgan fingerprint density at radius 2 is 2.29 bits per heavy atom. The first-order valence-electron chi connectivity index (χ1n) is 6.34. The van der Waals surface area contributed by atoms with Gasteiger partial charge in [-0.2, -0.15) is 0 Å². The van der Waals surface area contributed by atoms with E-state index in [0.717, 1.165) is 30.8 Å². The molecule has 2 rings (SSSR count). The molecule has 0 bridgehead atoms. The molecule has 1 saturated heterocycles. The van der Waals surface area contributed by atoms with Crippen LogP contribution in [-0.4, -0.2) is 31.1 Å². The monoisotopic (exact) mass is 236 g/mol. The van der Waals surface area contributed by atoms with E-state index in [0.29, 0.717) is 6.04 Å². The van der Waals surface area contributed by atoms with Crippen LogP contribution in [-0.2, 0) is 6.54 Å². The van der Waals surface area contributed by atoms with Gasteiger partial charge in [0, 0.05) is 24.7 Å². The standard InChI is InChI=1S/C14H21FN2/c1-11-5-6-14(15)12(8-11)10-17-7-3-4-13(17)9-16-2/h5-6,8,13,16H,3-4,7,9-10H2,1-2H3. The molecule has 1 aromatic carbocycles. The normalized spacial score (nSPS) is 21.0. The van der Waals surface area contributed by atoms with E-state index in [4.69, 9.17) is 0 Å². The predicted octanol–water partition coefficient (Wildman–Crippen LogP) is 2.32. The summed E-state index contributed by atoms with van der Waals surface area (Å²) < 4.78 is 13.7. The fourth-order valence-electron chi connectivity index (χ4n) is 2.61. The molecule has 0 saturated carbocycles. The molecule has 3 heteroatoms. The first-order valence-corrected chi connectivity index (χ1v) is 6.34. The SMILES string of the molecule is CNCC1CCCN1Cc1cc(C)ccc1F. The number of benzene rings is 1. The van der Waals surface area contributed by atoms with Crippen LogP contribution in [0, 0.1) is 12.7 Å². The zero-order valence-electron chi connectivity index (χ0n) is 10.7. The summed E-state index contributed by atoms with van der Waals surface area (Å²) in [4.78, 5) is 2.38. The van der Waals surface area contributed by atoms with E-state index in [1.807, 2.05) is 26.1 Å². The Balaban J connectivity index is 2.06. The van der Waals surface area contributed by atoms with Crippen LogP contribution in [0.2, 0.25) is 0 Å². The Morgan fingerprint density at radius 3 is 3.06 bits per heavy atom. The van der Waals surface area contributed by atoms with E-state index in [2.05, 4.69) is 10.2 Å². The molecule has 0 radical (unpaired) electrons. The molecule has 0 aliphatic carbocycles. The van der Waals surface area contributed by atoms with Gasteiger partial charge in [0.15, 0.2) is 0 Å². The van der Waals surface area contributed by atoms with E-state index < -0.39 is 0 Å². The van der Waals surface area contributed by atoms with Gasteiger partial charge in [-0.1, -0.05) is 17.7 Å². The average Bonchev–Trinajstić information content (AvgIpc) is 2.72. The Kier molecular flexibility index (Phi) is 4.13. The molecule has 1 heterocycles. The molecule has 1 aliphatic heterocycles. The summed E-state index contributed by atoms with van der Waals surface area (Å²) in [5.74, 6) is -0.0780. The molecule has 1 atom stereocenters. The summed E-state index contributed by atoms with van der Waals surface area (Å²) >= 11 is 0. The van der Waals surface area contributed by atoms with Gasteiger partial charge in [-0.05, 0) is 39.4 Å². The molecule has 17 heavy (non-hydrogen) atoms. The van der Waals surface area contributed by atoms with Crippen molar-refractivity contribution >= 4 is 0 Å². The van der Waals surface area contributed by atoms with Crippen LogP contribution in [0.1, 0.15) is 24.0 Å². The maximum atomic E-state index is 13.7. The van der Waals surface area contributed by atoms with Crippen molar-refractivity contribution in [3.63, 3.8) is 0 Å². The highest BCUT2D eigenvalue weighted by molar-refractivity contribution is 5.24. The van der Waals surface area contributed by atoms with Gasteiger partial charge in [0.05, 0.1) is 0 Å². The van der Waals surface area contributed by atoms with Gasteiger partial charge < -0.3 is 5.32 Å². The fraction of sp³-hybridized carbons (Fsp3) is 0.571. The van der Waals surface area contributed by atoms with Crippen LogP contribution in [0.15, 0.2) is 18.2 Å². The van der Waals surface area contributed by atoms with Crippen molar-refractivity contribution in [3.8, 4) is 0 Å². The summed E-state index contributed by atoms with van der Waals surface area (Å²) in [6.07, 6.45) is 2.44. The van der Waals surface area contributed by atoms with Crippen LogP contribution in [0.4, 0.5) is 4.39 Å². The zero-order valence-corrected chi connectivity index (χ0v) is 10.7. The highest BCUT2D eigenvalue weighted by Gasteiger charge is 2.24. The molecule has 94 valence electrons. The van der Waals surface area contributed by atoms with E-state index in [1.54, 1.807) is 6.07 Å². The Hall–Kier alpha value is -0.930. The summed E-state index contributed by atoms with van der Waals surface area (Å²) in [5.41, 5.74) is 1.96. The van der Waals surface area contributed by atoms with Crippen LogP contribution in [0.3, 0.4) is 0 Å². The van der Waals surface area contributed by atoms with Gasteiger partial charge in [-0.3, -0.25) is 4.90 Å². The van der Waals surface area contributed by atoms with Crippen LogP contribution >= 0.6 is 0 Å². The molecule has 1 aromatic rings. The van der Waals surface area contributed by atoms with Crippen molar-refractivity contribution in [1.29, 1.82) is 0 Å². The number of rotatable bonds is 4. The van der Waals surface area contributed by atoms with Gasteiger partial charge in [-0.15, -0.1) is 0 Å². The first-order chi connectivity index (χ1) is 8.20. The number of aryl methyl sites for hydroxylation is 1. The smallest absolute Gasteiger partial charge is 0.127 e. The lowest BCUT2D eigenvalue weighted by atomic mass is 10.1. The number of halogens is 1. The minimum absolute atomic E-state index is 0.0780. The Morgan fingerprint density at radius 1 is 1.47 bits per heavy atom. The minimum atomic E-state index is -0.0780. The van der Waals surface area contributed by atoms with Crippen molar-refractivity contribution < 1.29 is 4.39 Å². The number of nitrogens with zero attached hydrogens (tertiary/aromatic N) is 1. The largest absolute Gasteiger partial charge is 0.318 e. The van der Waals surface area contributed by atoms with Crippen molar-refractivity contribution in [2.45, 2.75) is 32.4 Å². The molecule has 1 aliphatic rings. The maximum absolute atomic E-state index is 13.7.